The van der Waals surface area contributed by atoms with Gasteiger partial charge in [-0.15, -0.1) is 0 Å². The van der Waals surface area contributed by atoms with Crippen LogP contribution in [0.5, 0.6) is 0 Å². The molecule has 0 aromatic carbocycles. The molecule has 2 fully saturated rings. The second-order valence-corrected chi connectivity index (χ2v) is 5.81. The van der Waals surface area contributed by atoms with Gasteiger partial charge in [-0.1, -0.05) is 6.92 Å². The molecular weight excluding hydrogens is 228 g/mol. The van der Waals surface area contributed by atoms with Gasteiger partial charge in [0.1, 0.15) is 0 Å². The zero-order chi connectivity index (χ0) is 13.0. The third-order valence-corrected chi connectivity index (χ3v) is 4.39. The van der Waals surface area contributed by atoms with Crippen molar-refractivity contribution in [1.82, 2.24) is 9.80 Å². The lowest BCUT2D eigenvalue weighted by Gasteiger charge is -2.35. The van der Waals surface area contributed by atoms with Crippen molar-refractivity contribution in [2.24, 2.45) is 5.92 Å². The number of morpholine rings is 1. The molecule has 0 N–H and O–H groups in total. The Labute approximate surface area is 110 Å². The van der Waals surface area contributed by atoms with E-state index in [1.54, 1.807) is 0 Å². The number of hydrogen-bond acceptors (Lipinski definition) is 3. The lowest BCUT2D eigenvalue weighted by molar-refractivity contribution is -0.134. The smallest absolute Gasteiger partial charge is 0.236 e. The summed E-state index contributed by atoms with van der Waals surface area (Å²) < 4.78 is 5.30. The Hall–Kier alpha value is -0.610. The molecule has 0 bridgehead atoms. The van der Waals surface area contributed by atoms with E-state index in [-0.39, 0.29) is 5.91 Å². The van der Waals surface area contributed by atoms with Crippen LogP contribution in [0.3, 0.4) is 0 Å². The van der Waals surface area contributed by atoms with Gasteiger partial charge >= 0.3 is 0 Å². The lowest BCUT2D eigenvalue weighted by Crippen LogP contribution is -2.47. The highest BCUT2D eigenvalue weighted by atomic mass is 16.5. The zero-order valence-corrected chi connectivity index (χ0v) is 11.7. The van der Waals surface area contributed by atoms with Crippen LogP contribution in [0.4, 0.5) is 0 Å². The van der Waals surface area contributed by atoms with E-state index >= 15 is 0 Å². The summed E-state index contributed by atoms with van der Waals surface area (Å²) in [6.07, 6.45) is 4.87. The summed E-state index contributed by atoms with van der Waals surface area (Å²) in [4.78, 5) is 16.4. The Morgan fingerprint density at radius 3 is 2.44 bits per heavy atom. The molecule has 2 aliphatic rings. The first-order valence-electron chi connectivity index (χ1n) is 7.22. The topological polar surface area (TPSA) is 32.8 Å². The molecule has 4 nitrogen and oxygen atoms in total. The molecule has 1 amide bonds. The first kappa shape index (κ1) is 13.8. The molecule has 4 heteroatoms. The van der Waals surface area contributed by atoms with E-state index in [1.165, 1.54) is 25.7 Å². The molecule has 1 aliphatic heterocycles. The van der Waals surface area contributed by atoms with Crippen LogP contribution < -0.4 is 0 Å². The van der Waals surface area contributed by atoms with Crippen LogP contribution in [0.2, 0.25) is 0 Å². The van der Waals surface area contributed by atoms with Gasteiger partial charge in [0.05, 0.1) is 19.8 Å². The Morgan fingerprint density at radius 2 is 1.83 bits per heavy atom. The second kappa shape index (κ2) is 6.53. The Kier molecular flexibility index (Phi) is 5.01. The van der Waals surface area contributed by atoms with Gasteiger partial charge in [-0.05, 0) is 31.6 Å². The number of carbonyl (C=O) groups excluding carboxylic acids is 1. The van der Waals surface area contributed by atoms with Gasteiger partial charge in [-0.2, -0.15) is 0 Å². The highest BCUT2D eigenvalue weighted by molar-refractivity contribution is 5.78. The molecule has 1 saturated heterocycles. The summed E-state index contributed by atoms with van der Waals surface area (Å²) in [6, 6.07) is 0.467. The summed E-state index contributed by atoms with van der Waals surface area (Å²) in [5.41, 5.74) is 0. The Bertz CT molecular complexity index is 269. The average Bonchev–Trinajstić information content (AvgIpc) is 2.40. The predicted molar refractivity (Wildman–Crippen MR) is 71.4 cm³/mol. The van der Waals surface area contributed by atoms with Gasteiger partial charge in [0.2, 0.25) is 5.91 Å². The molecule has 2 rings (SSSR count). The largest absolute Gasteiger partial charge is 0.379 e. The average molecular weight is 254 g/mol. The monoisotopic (exact) mass is 254 g/mol. The van der Waals surface area contributed by atoms with Crippen LogP contribution in [0.25, 0.3) is 0 Å². The van der Waals surface area contributed by atoms with Crippen molar-refractivity contribution in [3.8, 4) is 0 Å². The molecule has 104 valence electrons. The second-order valence-electron chi connectivity index (χ2n) is 5.81. The zero-order valence-electron chi connectivity index (χ0n) is 11.7. The molecule has 1 aliphatic carbocycles. The van der Waals surface area contributed by atoms with Gasteiger partial charge in [0.15, 0.2) is 0 Å². The van der Waals surface area contributed by atoms with Gasteiger partial charge in [0, 0.05) is 26.2 Å². The van der Waals surface area contributed by atoms with Crippen molar-refractivity contribution in [2.75, 3.05) is 39.9 Å². The highest BCUT2D eigenvalue weighted by Gasteiger charge is 2.26. The van der Waals surface area contributed by atoms with E-state index in [9.17, 15) is 4.79 Å². The molecule has 0 aromatic rings. The first-order chi connectivity index (χ1) is 8.66. The van der Waals surface area contributed by atoms with Crippen LogP contribution in [-0.2, 0) is 9.53 Å². The molecule has 0 aromatic heterocycles. The van der Waals surface area contributed by atoms with Gasteiger partial charge < -0.3 is 9.64 Å². The van der Waals surface area contributed by atoms with E-state index < -0.39 is 0 Å². The molecular formula is C14H26N2O2. The van der Waals surface area contributed by atoms with Crippen molar-refractivity contribution in [1.29, 1.82) is 0 Å². The van der Waals surface area contributed by atoms with E-state index in [0.717, 1.165) is 32.2 Å². The quantitative estimate of drug-likeness (QED) is 0.762. The summed E-state index contributed by atoms with van der Waals surface area (Å²) in [5.74, 6) is 1.11. The maximum atomic E-state index is 12.2. The molecule has 1 heterocycles. The predicted octanol–water partition coefficient (Wildman–Crippen LogP) is 1.36. The summed E-state index contributed by atoms with van der Waals surface area (Å²) >= 11 is 0. The van der Waals surface area contributed by atoms with Crippen molar-refractivity contribution < 1.29 is 9.53 Å². The molecule has 18 heavy (non-hydrogen) atoms. The summed E-state index contributed by atoms with van der Waals surface area (Å²) in [5, 5.41) is 0. The lowest BCUT2D eigenvalue weighted by atomic mass is 9.87. The number of ether oxygens (including phenoxy) is 1. The third kappa shape index (κ3) is 3.69. The summed E-state index contributed by atoms with van der Waals surface area (Å²) in [6.45, 7) is 6.18. The van der Waals surface area contributed by atoms with E-state index in [1.807, 2.05) is 11.9 Å². The van der Waals surface area contributed by atoms with Crippen molar-refractivity contribution in [2.45, 2.75) is 38.6 Å². The van der Waals surface area contributed by atoms with Crippen LogP contribution in [-0.4, -0.2) is 61.6 Å². The van der Waals surface area contributed by atoms with Crippen LogP contribution in [0.15, 0.2) is 0 Å². The van der Waals surface area contributed by atoms with Gasteiger partial charge in [-0.25, -0.2) is 0 Å². The SMILES string of the molecule is CC1CCC(N(C)C(=O)CN2CCOCC2)CC1. The molecule has 0 spiro atoms. The van der Waals surface area contributed by atoms with Crippen LogP contribution in [0.1, 0.15) is 32.6 Å². The molecule has 0 unspecified atom stereocenters. The number of rotatable bonds is 3. The van der Waals surface area contributed by atoms with Crippen molar-refractivity contribution >= 4 is 5.91 Å². The number of amides is 1. The molecule has 0 radical (unpaired) electrons. The van der Waals surface area contributed by atoms with Gasteiger partial charge in [-0.3, -0.25) is 9.69 Å². The van der Waals surface area contributed by atoms with Crippen molar-refractivity contribution in [3.63, 3.8) is 0 Å². The highest BCUT2D eigenvalue weighted by Crippen LogP contribution is 2.26. The first-order valence-corrected chi connectivity index (χ1v) is 7.22. The summed E-state index contributed by atoms with van der Waals surface area (Å²) in [7, 11) is 1.98. The number of hydrogen-bond donors (Lipinski definition) is 0. The maximum Gasteiger partial charge on any atom is 0.236 e. The third-order valence-electron chi connectivity index (χ3n) is 4.39. The van der Waals surface area contributed by atoms with E-state index in [4.69, 9.17) is 4.74 Å². The Morgan fingerprint density at radius 1 is 1.22 bits per heavy atom. The number of nitrogens with zero attached hydrogens (tertiary/aromatic N) is 2. The Balaban J connectivity index is 1.77. The van der Waals surface area contributed by atoms with Crippen molar-refractivity contribution in [3.05, 3.63) is 0 Å². The van der Waals surface area contributed by atoms with Gasteiger partial charge in [0.25, 0.3) is 0 Å². The van der Waals surface area contributed by atoms with Crippen LogP contribution in [0, 0.1) is 5.92 Å². The van der Waals surface area contributed by atoms with Crippen LogP contribution >= 0.6 is 0 Å². The fraction of sp³-hybridized carbons (Fsp3) is 0.929. The minimum atomic E-state index is 0.274. The standard InChI is InChI=1S/C14H26N2O2/c1-12-3-5-13(6-4-12)15(2)14(17)11-16-7-9-18-10-8-16/h12-13H,3-11H2,1-2H3. The molecule has 1 saturated carbocycles. The van der Waals surface area contributed by atoms with E-state index in [0.29, 0.717) is 12.6 Å². The fourth-order valence-corrected chi connectivity index (χ4v) is 2.90. The minimum Gasteiger partial charge on any atom is -0.379 e. The maximum absolute atomic E-state index is 12.2. The molecule has 0 atom stereocenters. The normalized spacial score (nSPS) is 30.1. The number of carbonyl (C=O) groups is 1. The van der Waals surface area contributed by atoms with E-state index in [2.05, 4.69) is 11.8 Å². The minimum absolute atomic E-state index is 0.274. The fourth-order valence-electron chi connectivity index (χ4n) is 2.90. The number of likely N-dealkylation sites (N-methyl/N-ethyl adjacent to an activating group) is 1.